The van der Waals surface area contributed by atoms with Crippen molar-refractivity contribution < 1.29 is 38.5 Å². The number of nitrogens with two attached hydrogens (primary N) is 1. The van der Waals surface area contributed by atoms with E-state index in [1.165, 1.54) is 22.0 Å². The lowest BCUT2D eigenvalue weighted by Crippen LogP contribution is -2.71. The Labute approximate surface area is 250 Å². The van der Waals surface area contributed by atoms with E-state index in [-0.39, 0.29) is 27.7 Å². The molecule has 0 bridgehead atoms. The quantitative estimate of drug-likeness (QED) is 0.0731. The monoisotopic (exact) mass is 627 g/mol. The molecule has 224 valence electrons. The van der Waals surface area contributed by atoms with Crippen molar-refractivity contribution in [2.45, 2.75) is 70.8 Å². The molecule has 1 aromatic rings. The lowest BCUT2D eigenvalue weighted by Gasteiger charge is -2.50. The number of hydrogen-bond donors (Lipinski definition) is 3. The van der Waals surface area contributed by atoms with Crippen molar-refractivity contribution in [3.8, 4) is 0 Å². The molecule has 1 aromatic heterocycles. The highest BCUT2D eigenvalue weighted by Crippen LogP contribution is 2.43. The van der Waals surface area contributed by atoms with Crippen molar-refractivity contribution in [3.63, 3.8) is 0 Å². The maximum Gasteiger partial charge on any atom is 0.314 e. The van der Waals surface area contributed by atoms with Gasteiger partial charge in [-0.15, -0.1) is 23.1 Å². The molecule has 0 saturated carbocycles. The molecule has 3 aliphatic heterocycles. The van der Waals surface area contributed by atoms with Crippen molar-refractivity contribution in [1.29, 1.82) is 0 Å². The van der Waals surface area contributed by atoms with Crippen molar-refractivity contribution in [1.82, 2.24) is 15.2 Å². The Morgan fingerprint density at radius 3 is 2.71 bits per heavy atom. The predicted octanol–water partition coefficient (Wildman–Crippen LogP) is 2.38. The van der Waals surface area contributed by atoms with Crippen molar-refractivity contribution >= 4 is 69.0 Å². The first-order valence-electron chi connectivity index (χ1n) is 12.8. The second-order valence-electron chi connectivity index (χ2n) is 11.0. The molecule has 0 aromatic carbocycles. The van der Waals surface area contributed by atoms with Gasteiger partial charge in [0.1, 0.15) is 17.1 Å². The van der Waals surface area contributed by atoms with E-state index in [0.29, 0.717) is 30.9 Å². The van der Waals surface area contributed by atoms with E-state index in [1.807, 2.05) is 13.8 Å². The van der Waals surface area contributed by atoms with Crippen molar-refractivity contribution in [2.24, 2.45) is 10.6 Å². The van der Waals surface area contributed by atoms with Gasteiger partial charge in [-0.05, 0) is 65.3 Å². The first-order chi connectivity index (χ1) is 19.2. The summed E-state index contributed by atoms with van der Waals surface area (Å²) >= 11 is 8.11. The molecule has 2 saturated heterocycles. The number of thiazole rings is 1. The maximum atomic E-state index is 13.4. The van der Waals surface area contributed by atoms with E-state index in [9.17, 15) is 19.6 Å². The summed E-state index contributed by atoms with van der Waals surface area (Å²) in [4.78, 5) is 44.0. The fourth-order valence-corrected chi connectivity index (χ4v) is 6.62. The summed E-state index contributed by atoms with van der Waals surface area (Å²) in [6.45, 7) is 8.94. The smallest absolute Gasteiger partial charge is 0.314 e. The number of fused-ring (bicyclic) bond motifs is 1. The van der Waals surface area contributed by atoms with E-state index in [4.69, 9.17) is 36.9 Å². The first kappa shape index (κ1) is 31.2. The van der Waals surface area contributed by atoms with Gasteiger partial charge in [-0.2, -0.15) is 0 Å². The number of oxime groups is 1. The number of carbonyl (C=O) groups is 3. The lowest BCUT2D eigenvalue weighted by molar-refractivity contribution is -0.272. The van der Waals surface area contributed by atoms with Crippen LogP contribution in [0.3, 0.4) is 0 Å². The van der Waals surface area contributed by atoms with E-state index in [1.54, 1.807) is 20.8 Å². The summed E-state index contributed by atoms with van der Waals surface area (Å²) in [6, 6.07) is -0.920. The fraction of sp³-hybridized carbons (Fsp3) is 0.600. The van der Waals surface area contributed by atoms with Gasteiger partial charge in [-0.3, -0.25) is 19.3 Å². The second-order valence-corrected chi connectivity index (χ2v) is 13.4. The second kappa shape index (κ2) is 12.2. The van der Waals surface area contributed by atoms with Gasteiger partial charge in [0.15, 0.2) is 16.6 Å². The zero-order chi connectivity index (χ0) is 30.1. The van der Waals surface area contributed by atoms with Crippen LogP contribution in [0, 0.1) is 5.41 Å². The highest BCUT2D eigenvalue weighted by Gasteiger charge is 2.54. The van der Waals surface area contributed by atoms with Gasteiger partial charge in [0.25, 0.3) is 11.8 Å². The van der Waals surface area contributed by atoms with Crippen LogP contribution in [0.25, 0.3) is 0 Å². The zero-order valence-electron chi connectivity index (χ0n) is 23.3. The summed E-state index contributed by atoms with van der Waals surface area (Å²) in [5.74, 6) is -1.94. The molecule has 4 rings (SSSR count). The summed E-state index contributed by atoms with van der Waals surface area (Å²) in [6.07, 6.45) is 0.950. The Kier molecular flexibility index (Phi) is 9.28. The Morgan fingerprint density at radius 2 is 2.10 bits per heavy atom. The molecule has 16 heteroatoms. The third kappa shape index (κ3) is 6.99. The Hall–Kier alpha value is -2.79. The molecule has 13 nitrogen and oxygen atoms in total. The third-order valence-electron chi connectivity index (χ3n) is 6.41. The SMILES string of the molecule is CC1(C)OCCC(CC2=C(C(=S)OCOC(=O)C(C)(C)C)N3C(=O)C(NC(=O)/C(=N/O)c4csc(N)n4)[C@H]3SC2)O1. The van der Waals surface area contributed by atoms with Crippen LogP contribution in [0.4, 0.5) is 5.13 Å². The molecule has 2 fully saturated rings. The number of hydrogen-bond acceptors (Lipinski definition) is 14. The number of β-lactam (4-membered cyclic amide) rings is 1. The van der Waals surface area contributed by atoms with Gasteiger partial charge in [0.05, 0.1) is 23.8 Å². The number of carbonyl (C=O) groups excluding carboxylic acids is 3. The maximum absolute atomic E-state index is 13.4. The van der Waals surface area contributed by atoms with E-state index in [2.05, 4.69) is 15.5 Å². The number of aromatic nitrogens is 1. The molecule has 41 heavy (non-hydrogen) atoms. The summed E-state index contributed by atoms with van der Waals surface area (Å²) in [5, 5.41) is 16.3. The lowest BCUT2D eigenvalue weighted by atomic mass is 9.98. The molecule has 4 N–H and O–H groups in total. The number of esters is 1. The molecule has 0 radical (unpaired) electrons. The molecule has 3 aliphatic rings. The minimum Gasteiger partial charge on any atom is -0.445 e. The minimum absolute atomic E-state index is 0.00739. The number of thiocarbonyl (C=S) groups is 1. The number of thioether (sulfide) groups is 1. The van der Waals surface area contributed by atoms with Crippen LogP contribution in [-0.2, 0) is 33.3 Å². The van der Waals surface area contributed by atoms with Crippen molar-refractivity contribution in [2.75, 3.05) is 24.9 Å². The largest absolute Gasteiger partial charge is 0.445 e. The number of rotatable bonds is 8. The zero-order valence-corrected chi connectivity index (χ0v) is 25.7. The van der Waals surface area contributed by atoms with Gasteiger partial charge in [0, 0.05) is 11.1 Å². The van der Waals surface area contributed by atoms with E-state index < -0.39 is 47.2 Å². The standard InChI is InChI=1S/C25H33N5O8S3/c1-24(2,3)22(33)36-11-35-21(39)17-12(8-13-6-7-37-25(4,5)38-13)9-40-20-16(19(32)30(17)20)28-18(31)15(29-34)14-10-41-23(26)27-14/h10,13,16,20,34H,6-9,11H2,1-5H3,(H2,26,27)(H,28,31)/b29-15+/t13?,16?,20-/m1/s1. The van der Waals surface area contributed by atoms with Gasteiger partial charge in [-0.1, -0.05) is 5.16 Å². The average Bonchev–Trinajstić information content (AvgIpc) is 3.31. The molecule has 4 heterocycles. The van der Waals surface area contributed by atoms with Gasteiger partial charge < -0.3 is 35.2 Å². The van der Waals surface area contributed by atoms with Crippen LogP contribution in [-0.4, -0.2) is 86.1 Å². The number of nitrogens with one attached hydrogen (secondary N) is 1. The summed E-state index contributed by atoms with van der Waals surface area (Å²) in [5.41, 5.74) is 5.86. The summed E-state index contributed by atoms with van der Waals surface area (Å²) in [7, 11) is 0. The van der Waals surface area contributed by atoms with Crippen LogP contribution in [0.5, 0.6) is 0 Å². The minimum atomic E-state index is -0.920. The molecular weight excluding hydrogens is 595 g/mol. The third-order valence-corrected chi connectivity index (χ3v) is 8.74. The molecule has 0 spiro atoms. The fourth-order valence-electron chi connectivity index (χ4n) is 4.42. The first-order valence-corrected chi connectivity index (χ1v) is 15.1. The predicted molar refractivity (Wildman–Crippen MR) is 155 cm³/mol. The molecule has 0 aliphatic carbocycles. The van der Waals surface area contributed by atoms with Crippen molar-refractivity contribution in [3.05, 3.63) is 22.3 Å². The Morgan fingerprint density at radius 1 is 1.37 bits per heavy atom. The van der Waals surface area contributed by atoms with E-state index in [0.717, 1.165) is 16.9 Å². The topological polar surface area (TPSA) is 175 Å². The average molecular weight is 628 g/mol. The van der Waals surface area contributed by atoms with Gasteiger partial charge in [0.2, 0.25) is 11.8 Å². The number of anilines is 1. The summed E-state index contributed by atoms with van der Waals surface area (Å²) < 4.78 is 22.6. The van der Waals surface area contributed by atoms with Crippen LogP contribution in [0.1, 0.15) is 53.2 Å². The number of amides is 2. The highest BCUT2D eigenvalue weighted by atomic mass is 32.2. The molecule has 2 unspecified atom stereocenters. The number of ether oxygens (including phenoxy) is 4. The van der Waals surface area contributed by atoms with Gasteiger partial charge >= 0.3 is 5.97 Å². The normalized spacial score (nSPS) is 24.3. The number of nitrogens with zero attached hydrogens (tertiary/aromatic N) is 3. The Bertz CT molecular complexity index is 1290. The van der Waals surface area contributed by atoms with Crippen LogP contribution >= 0.6 is 35.3 Å². The molecule has 3 atom stereocenters. The van der Waals surface area contributed by atoms with Crippen LogP contribution < -0.4 is 11.1 Å². The Balaban J connectivity index is 1.52. The molecular formula is C25H33N5O8S3. The van der Waals surface area contributed by atoms with Gasteiger partial charge in [-0.25, -0.2) is 4.98 Å². The molecule has 2 amide bonds. The van der Waals surface area contributed by atoms with Crippen LogP contribution in [0.15, 0.2) is 21.8 Å². The van der Waals surface area contributed by atoms with Crippen LogP contribution in [0.2, 0.25) is 0 Å². The highest BCUT2D eigenvalue weighted by molar-refractivity contribution is 8.00. The number of nitrogen functional groups attached to an aromatic ring is 1. The van der Waals surface area contributed by atoms with E-state index >= 15 is 0 Å².